The van der Waals surface area contributed by atoms with Gasteiger partial charge in [-0.1, -0.05) is 37.6 Å². The van der Waals surface area contributed by atoms with Gasteiger partial charge in [-0.3, -0.25) is 10.0 Å². The molecule has 0 amide bonds. The Labute approximate surface area is 325 Å². The number of nitrogens with one attached hydrogen (secondary N) is 1. The zero-order valence-corrected chi connectivity index (χ0v) is 33.8. The summed E-state index contributed by atoms with van der Waals surface area (Å²) in [6, 6.07) is 20.3. The van der Waals surface area contributed by atoms with Crippen LogP contribution in [-0.2, 0) is 36.0 Å². The number of hydrogen-bond acceptors (Lipinski definition) is 12. The van der Waals surface area contributed by atoms with Crippen LogP contribution in [0.1, 0.15) is 61.6 Å². The smallest absolute Gasteiger partial charge is 0.193 e. The van der Waals surface area contributed by atoms with Crippen molar-refractivity contribution in [2.24, 2.45) is 0 Å². The summed E-state index contributed by atoms with van der Waals surface area (Å²) in [4.78, 5) is 13.7. The van der Waals surface area contributed by atoms with Gasteiger partial charge in [-0.05, 0) is 55.7 Å². The molecule has 1 N–H and O–H groups in total. The first kappa shape index (κ1) is 39.6. The lowest BCUT2D eigenvalue weighted by atomic mass is 10.1. The Hall–Kier alpha value is -5.08. The number of nitrogens with zero attached hydrogens (tertiary/aromatic N) is 5. The number of aromatic nitrogens is 2. The first-order valence-corrected chi connectivity index (χ1v) is 20.6. The Bertz CT molecular complexity index is 1980. The molecule has 4 aromatic rings. The van der Waals surface area contributed by atoms with Crippen LogP contribution in [0, 0.1) is 0 Å². The average molecular weight is 775 g/mol. The third-order valence-electron chi connectivity index (χ3n) is 9.76. The SMILES string of the molecule is CCCCN1C=C(N(Cc2ccc(OC)cc2OC)Cc2ccc(OC)cc2OC)c2ncn(OC(C)C)c2N1Cc1ccc(CNC2CS(=O)(=O)C2)cc1. The van der Waals surface area contributed by atoms with Crippen molar-refractivity contribution >= 4 is 21.4 Å². The van der Waals surface area contributed by atoms with E-state index >= 15 is 0 Å². The summed E-state index contributed by atoms with van der Waals surface area (Å²) >= 11 is 0. The van der Waals surface area contributed by atoms with E-state index in [2.05, 4.69) is 57.6 Å². The highest BCUT2D eigenvalue weighted by atomic mass is 32.2. The van der Waals surface area contributed by atoms with Gasteiger partial charge in [-0.2, -0.15) is 4.73 Å². The molecular weight excluding hydrogens is 721 g/mol. The molecule has 3 heterocycles. The van der Waals surface area contributed by atoms with Gasteiger partial charge >= 0.3 is 0 Å². The monoisotopic (exact) mass is 774 g/mol. The van der Waals surface area contributed by atoms with E-state index in [1.807, 2.05) is 50.2 Å². The summed E-state index contributed by atoms with van der Waals surface area (Å²) in [5, 5.41) is 7.89. The zero-order chi connectivity index (χ0) is 39.1. The van der Waals surface area contributed by atoms with Crippen LogP contribution in [0.15, 0.2) is 73.2 Å². The molecule has 0 atom stereocenters. The lowest BCUT2D eigenvalue weighted by molar-refractivity contribution is 0.0585. The fourth-order valence-corrected chi connectivity index (χ4v) is 8.19. The molecule has 0 bridgehead atoms. The first-order valence-electron chi connectivity index (χ1n) is 18.7. The Balaban J connectivity index is 1.39. The molecule has 0 spiro atoms. The lowest BCUT2D eigenvalue weighted by Crippen LogP contribution is -2.50. The third-order valence-corrected chi connectivity index (χ3v) is 11.6. The largest absolute Gasteiger partial charge is 0.497 e. The van der Waals surface area contributed by atoms with E-state index in [0.29, 0.717) is 37.7 Å². The van der Waals surface area contributed by atoms with E-state index in [4.69, 9.17) is 28.8 Å². The van der Waals surface area contributed by atoms with Gasteiger partial charge in [-0.25, -0.2) is 13.4 Å². The summed E-state index contributed by atoms with van der Waals surface area (Å²) in [5.41, 5.74) is 5.87. The van der Waals surface area contributed by atoms with Crippen LogP contribution < -0.4 is 34.1 Å². The first-order chi connectivity index (χ1) is 26.5. The fraction of sp³-hybridized carbons (Fsp3) is 0.439. The van der Waals surface area contributed by atoms with Gasteiger partial charge in [0.15, 0.2) is 15.7 Å². The Kier molecular flexibility index (Phi) is 12.7. The van der Waals surface area contributed by atoms with Crippen LogP contribution >= 0.6 is 0 Å². The van der Waals surface area contributed by atoms with E-state index < -0.39 is 9.84 Å². The summed E-state index contributed by atoms with van der Waals surface area (Å²) in [5.74, 6) is 4.11. The zero-order valence-electron chi connectivity index (χ0n) is 32.9. The second-order valence-corrected chi connectivity index (χ2v) is 16.3. The predicted molar refractivity (Wildman–Crippen MR) is 214 cm³/mol. The van der Waals surface area contributed by atoms with Gasteiger partial charge < -0.3 is 34.0 Å². The normalized spacial score (nSPS) is 14.9. The molecular formula is C41H54N6O7S. The molecule has 1 saturated heterocycles. The number of rotatable bonds is 19. The van der Waals surface area contributed by atoms with Crippen molar-refractivity contribution in [1.82, 2.24) is 24.9 Å². The molecule has 2 aliphatic rings. The number of imidazole rings is 1. The molecule has 296 valence electrons. The van der Waals surface area contributed by atoms with Crippen LogP contribution in [0.2, 0.25) is 0 Å². The quantitative estimate of drug-likeness (QED) is 0.126. The highest BCUT2D eigenvalue weighted by molar-refractivity contribution is 7.92. The molecule has 1 fully saturated rings. The van der Waals surface area contributed by atoms with Gasteiger partial charge in [0.1, 0.15) is 41.1 Å². The third kappa shape index (κ3) is 9.42. The molecule has 6 rings (SSSR count). The molecule has 0 unspecified atom stereocenters. The van der Waals surface area contributed by atoms with Crippen molar-refractivity contribution < 1.29 is 32.2 Å². The van der Waals surface area contributed by atoms with Crippen molar-refractivity contribution in [2.45, 2.75) is 71.9 Å². The van der Waals surface area contributed by atoms with Crippen LogP contribution in [0.25, 0.3) is 5.70 Å². The van der Waals surface area contributed by atoms with Crippen molar-refractivity contribution in [3.05, 3.63) is 101 Å². The maximum Gasteiger partial charge on any atom is 0.193 e. The standard InChI is InChI=1S/C41H54N6O7S/c1-8-9-18-45-25-37(44(23-32-14-16-35(50-4)19-38(32)52-6)24-33-15-17-36(51-5)20-39(33)53-7)40-41(47(28-43-40)54-29(2)3)46(45)22-31-12-10-30(11-13-31)21-42-34-26-55(48,49)27-34/h10-17,19-20,25,28-29,34,42H,8-9,18,21-24,26-27H2,1-7H3. The van der Waals surface area contributed by atoms with E-state index in [-0.39, 0.29) is 23.7 Å². The highest BCUT2D eigenvalue weighted by Crippen LogP contribution is 2.39. The maximum absolute atomic E-state index is 11.6. The predicted octanol–water partition coefficient (Wildman–Crippen LogP) is 5.68. The molecule has 0 saturated carbocycles. The summed E-state index contributed by atoms with van der Waals surface area (Å²) in [6.45, 7) is 9.16. The molecule has 1 aromatic heterocycles. The fourth-order valence-electron chi connectivity index (χ4n) is 6.83. The topological polar surface area (TPSA) is 120 Å². The maximum atomic E-state index is 11.6. The molecule has 0 radical (unpaired) electrons. The minimum absolute atomic E-state index is 0.0157. The van der Waals surface area contributed by atoms with Crippen molar-refractivity contribution in [3.8, 4) is 23.0 Å². The van der Waals surface area contributed by atoms with Crippen LogP contribution in [0.5, 0.6) is 23.0 Å². The molecule has 2 aliphatic heterocycles. The molecule has 0 aliphatic carbocycles. The van der Waals surface area contributed by atoms with Gasteiger partial charge in [0.2, 0.25) is 0 Å². The number of ether oxygens (including phenoxy) is 4. The summed E-state index contributed by atoms with van der Waals surface area (Å²) in [6.07, 6.45) is 5.84. The number of unbranched alkanes of at least 4 members (excludes halogenated alkanes) is 1. The number of hydrazine groups is 1. The van der Waals surface area contributed by atoms with Crippen molar-refractivity contribution in [1.29, 1.82) is 0 Å². The Morgan fingerprint density at radius 1 is 0.855 bits per heavy atom. The number of sulfone groups is 1. The van der Waals surface area contributed by atoms with E-state index in [1.54, 1.807) is 39.5 Å². The summed E-state index contributed by atoms with van der Waals surface area (Å²) < 4.78 is 47.8. The molecule has 13 nitrogen and oxygen atoms in total. The highest BCUT2D eigenvalue weighted by Gasteiger charge is 2.35. The number of hydrogen-bond donors (Lipinski definition) is 1. The van der Waals surface area contributed by atoms with Crippen LogP contribution in [-0.4, -0.2) is 86.7 Å². The minimum atomic E-state index is -2.87. The minimum Gasteiger partial charge on any atom is -0.497 e. The molecule has 55 heavy (non-hydrogen) atoms. The van der Waals surface area contributed by atoms with Gasteiger partial charge in [-0.15, -0.1) is 0 Å². The second kappa shape index (κ2) is 17.6. The molecule has 14 heteroatoms. The number of benzene rings is 3. The van der Waals surface area contributed by atoms with Crippen LogP contribution in [0.4, 0.5) is 5.82 Å². The van der Waals surface area contributed by atoms with E-state index in [1.165, 1.54) is 0 Å². The summed E-state index contributed by atoms with van der Waals surface area (Å²) in [7, 11) is 3.77. The van der Waals surface area contributed by atoms with Crippen molar-refractivity contribution in [2.75, 3.05) is 51.5 Å². The number of fused-ring (bicyclic) bond motifs is 1. The number of methoxy groups -OCH3 is 4. The van der Waals surface area contributed by atoms with Crippen LogP contribution in [0.3, 0.4) is 0 Å². The van der Waals surface area contributed by atoms with Gasteiger partial charge in [0, 0.05) is 61.7 Å². The lowest BCUT2D eigenvalue weighted by Gasteiger charge is -2.42. The Morgan fingerprint density at radius 3 is 1.98 bits per heavy atom. The van der Waals surface area contributed by atoms with Gasteiger partial charge in [0.25, 0.3) is 0 Å². The van der Waals surface area contributed by atoms with E-state index in [9.17, 15) is 8.42 Å². The second-order valence-electron chi connectivity index (χ2n) is 14.2. The number of anilines is 1. The van der Waals surface area contributed by atoms with E-state index in [0.717, 1.165) is 70.3 Å². The molecule has 3 aromatic carbocycles. The average Bonchev–Trinajstić information content (AvgIpc) is 3.59. The van der Waals surface area contributed by atoms with Gasteiger partial charge in [0.05, 0.1) is 52.2 Å². The Morgan fingerprint density at radius 2 is 1.45 bits per heavy atom. The van der Waals surface area contributed by atoms with Crippen molar-refractivity contribution in [3.63, 3.8) is 0 Å².